The summed E-state index contributed by atoms with van der Waals surface area (Å²) < 4.78 is 53.0. The Bertz CT molecular complexity index is 193. The first-order chi connectivity index (χ1) is 5.49. The van der Waals surface area contributed by atoms with E-state index in [4.69, 9.17) is 0 Å². The molecule has 0 aromatic heterocycles. The monoisotopic (exact) mass is 322 g/mol. The van der Waals surface area contributed by atoms with Gasteiger partial charge in [0.05, 0.1) is 0 Å². The molecule has 0 unspecified atom stereocenters. The molecule has 0 aliphatic heterocycles. The average molecular weight is 320 g/mol. The van der Waals surface area contributed by atoms with Gasteiger partial charge in [0.15, 0.2) is 0 Å². The van der Waals surface area contributed by atoms with Crippen molar-refractivity contribution in [1.29, 1.82) is 0 Å². The van der Waals surface area contributed by atoms with E-state index in [1.807, 2.05) is 0 Å². The van der Waals surface area contributed by atoms with Gasteiger partial charge in [-0.15, -0.1) is 0 Å². The summed E-state index contributed by atoms with van der Waals surface area (Å²) in [6.07, 6.45) is 0. The molecule has 13 heavy (non-hydrogen) atoms. The maximum absolute atomic E-state index is 13.3. The Morgan fingerprint density at radius 3 is 1.31 bits per heavy atom. The molecule has 0 aliphatic carbocycles. The van der Waals surface area contributed by atoms with Crippen LogP contribution in [0.25, 0.3) is 0 Å². The van der Waals surface area contributed by atoms with Gasteiger partial charge in [0.25, 0.3) is 0 Å². The molecular weight excluding hydrogens is 304 g/mol. The molecule has 0 fully saturated rings. The quantitative estimate of drug-likeness (QED) is 0.578. The Morgan fingerprint density at radius 1 is 0.923 bits per heavy atom. The number of hydrogen-bond donors (Lipinski definition) is 0. The van der Waals surface area contributed by atoms with E-state index in [9.17, 15) is 11.6 Å². The van der Waals surface area contributed by atoms with Gasteiger partial charge in [-0.05, 0) is 0 Å². The molecule has 0 aromatic carbocycles. The predicted molar refractivity (Wildman–Crippen MR) is 46.8 cm³/mol. The topological polar surface area (TPSA) is 6.48 Å². The molecule has 0 saturated heterocycles. The van der Waals surface area contributed by atoms with Crippen molar-refractivity contribution in [3.63, 3.8) is 0 Å². The van der Waals surface area contributed by atoms with Crippen LogP contribution in [-0.4, -0.2) is 51.7 Å². The number of halogens is 4. The van der Waals surface area contributed by atoms with Crippen LogP contribution in [0, 0.1) is 0 Å². The van der Waals surface area contributed by atoms with Crippen LogP contribution in [0.15, 0.2) is 0 Å². The van der Waals surface area contributed by atoms with Crippen LogP contribution in [0.1, 0.15) is 13.8 Å². The minimum atomic E-state index is -9.03. The zero-order chi connectivity index (χ0) is 11.0. The third kappa shape index (κ3) is 2.27. The van der Waals surface area contributed by atoms with Gasteiger partial charge in [0.1, 0.15) is 0 Å². The van der Waals surface area contributed by atoms with E-state index in [-0.39, 0.29) is 19.4 Å². The van der Waals surface area contributed by atoms with Gasteiger partial charge in [-0.1, -0.05) is 0 Å². The molecule has 0 N–H and O–H groups in total. The molecule has 0 aromatic rings. The van der Waals surface area contributed by atoms with Crippen LogP contribution in [0.4, 0.5) is 11.6 Å². The second kappa shape index (κ2) is 2.96. The zero-order valence-corrected chi connectivity index (χ0v) is 10.6. The third-order valence-corrected chi connectivity index (χ3v) is 10.4. The SMILES string of the molecule is CCN(CC)[Te](F)(F)(F)(F)N(C)C. The van der Waals surface area contributed by atoms with Gasteiger partial charge in [0, 0.05) is 0 Å². The van der Waals surface area contributed by atoms with E-state index in [0.717, 1.165) is 14.1 Å². The second-order valence-electron chi connectivity index (χ2n) is 2.91. The number of nitrogens with zero attached hydrogens (tertiary/aromatic N) is 2. The second-order valence-corrected chi connectivity index (χ2v) is 12.1. The van der Waals surface area contributed by atoms with E-state index in [1.165, 1.54) is 13.8 Å². The fourth-order valence-electron chi connectivity index (χ4n) is 0.960. The van der Waals surface area contributed by atoms with Crippen LogP contribution < -0.4 is 0 Å². The fourth-order valence-corrected chi connectivity index (χ4v) is 5.17. The molecule has 2 nitrogen and oxygen atoms in total. The molecule has 0 amide bonds. The van der Waals surface area contributed by atoms with Gasteiger partial charge < -0.3 is 0 Å². The van der Waals surface area contributed by atoms with Crippen LogP contribution in [-0.2, 0) is 0 Å². The first kappa shape index (κ1) is 13.4. The molecular formula is C6H16F4N2Te. The van der Waals surface area contributed by atoms with Crippen molar-refractivity contribution in [2.45, 2.75) is 13.8 Å². The van der Waals surface area contributed by atoms with E-state index < -0.39 is 18.3 Å². The van der Waals surface area contributed by atoms with Gasteiger partial charge in [-0.25, -0.2) is 0 Å². The van der Waals surface area contributed by atoms with Crippen molar-refractivity contribution in [2.24, 2.45) is 0 Å². The Balaban J connectivity index is 5.28. The molecule has 0 bridgehead atoms. The normalized spacial score (nSPS) is 18.9. The van der Waals surface area contributed by atoms with Gasteiger partial charge in [-0.3, -0.25) is 0 Å². The summed E-state index contributed by atoms with van der Waals surface area (Å²) in [7, 11) is 1.45. The summed E-state index contributed by atoms with van der Waals surface area (Å²) in [5.74, 6) is 0. The summed E-state index contributed by atoms with van der Waals surface area (Å²) in [5.41, 5.74) is 0. The minimum absolute atomic E-state index is 0.00167. The summed E-state index contributed by atoms with van der Waals surface area (Å²) in [6, 6.07) is 0. The van der Waals surface area contributed by atoms with E-state index in [0.29, 0.717) is 0 Å². The molecule has 0 atom stereocenters. The summed E-state index contributed by atoms with van der Waals surface area (Å²) >= 11 is -9.03. The predicted octanol–water partition coefficient (Wildman–Crippen LogP) is 2.10. The van der Waals surface area contributed by atoms with Crippen molar-refractivity contribution in [2.75, 3.05) is 27.2 Å². The van der Waals surface area contributed by atoms with Crippen LogP contribution >= 0.6 is 0 Å². The molecule has 0 spiro atoms. The number of rotatable bonds is 4. The summed E-state index contributed by atoms with van der Waals surface area (Å²) in [4.78, 5) is 0. The number of hydrogen-bond acceptors (Lipinski definition) is 2. The molecule has 84 valence electrons. The Kier molecular flexibility index (Phi) is 3.06. The molecule has 0 radical (unpaired) electrons. The van der Waals surface area contributed by atoms with Crippen molar-refractivity contribution in [1.82, 2.24) is 6.30 Å². The van der Waals surface area contributed by atoms with Crippen molar-refractivity contribution in [3.05, 3.63) is 0 Å². The Labute approximate surface area is 77.4 Å². The maximum atomic E-state index is 13.3. The average Bonchev–Trinajstić information content (AvgIpc) is 1.86. The van der Waals surface area contributed by atoms with Crippen molar-refractivity contribution < 1.29 is 11.6 Å². The fraction of sp³-hybridized carbons (Fsp3) is 1.00. The van der Waals surface area contributed by atoms with Crippen molar-refractivity contribution >= 4 is 18.3 Å². The van der Waals surface area contributed by atoms with Crippen molar-refractivity contribution in [3.8, 4) is 0 Å². The van der Waals surface area contributed by atoms with Crippen LogP contribution in [0.3, 0.4) is 0 Å². The Hall–Kier alpha value is 0.430. The zero-order valence-electron chi connectivity index (χ0n) is 8.23. The molecule has 0 rings (SSSR count). The molecule has 0 heterocycles. The Morgan fingerprint density at radius 2 is 1.23 bits per heavy atom. The van der Waals surface area contributed by atoms with E-state index in [1.54, 1.807) is 0 Å². The van der Waals surface area contributed by atoms with Gasteiger partial charge in [-0.2, -0.15) is 0 Å². The first-order valence-electron chi connectivity index (χ1n) is 3.92. The van der Waals surface area contributed by atoms with Crippen LogP contribution in [0.5, 0.6) is 0 Å². The van der Waals surface area contributed by atoms with Crippen LogP contribution in [0.2, 0.25) is 0 Å². The van der Waals surface area contributed by atoms with E-state index in [2.05, 4.69) is 0 Å². The van der Waals surface area contributed by atoms with E-state index >= 15 is 0 Å². The standard InChI is InChI=1S/C6H16F4N2Te/c1-5-12(6-2)13(7,8,9,10)11(3)4/h5-6H2,1-4H3. The van der Waals surface area contributed by atoms with Gasteiger partial charge >= 0.3 is 77.2 Å². The first-order valence-corrected chi connectivity index (χ1v) is 9.53. The summed E-state index contributed by atoms with van der Waals surface area (Å²) in [5, 5.41) is 0. The molecule has 0 saturated carbocycles. The molecule has 0 aliphatic rings. The van der Waals surface area contributed by atoms with Gasteiger partial charge in [0.2, 0.25) is 0 Å². The summed E-state index contributed by atoms with van der Waals surface area (Å²) in [6.45, 7) is 1.91. The molecule has 7 heteroatoms. The third-order valence-electron chi connectivity index (χ3n) is 1.93.